The normalized spacial score (nSPS) is 17.9. The standard InChI is InChI=1S/C13H15NO5/c14-9-2-1-3-10(8-9)17-7-5-12(15)19-11-4-6-18-13(11)16/h1-3,8,11H,4-7,14H2. The summed E-state index contributed by atoms with van der Waals surface area (Å²) in [4.78, 5) is 22.6. The van der Waals surface area contributed by atoms with Crippen LogP contribution in [0, 0.1) is 0 Å². The molecule has 0 spiro atoms. The van der Waals surface area contributed by atoms with Crippen molar-refractivity contribution in [2.24, 2.45) is 0 Å². The average molecular weight is 265 g/mol. The molecule has 1 aromatic carbocycles. The molecule has 6 heteroatoms. The Labute approximate surface area is 110 Å². The lowest BCUT2D eigenvalue weighted by molar-refractivity contribution is -0.160. The number of carbonyl (C=O) groups excluding carboxylic acids is 2. The van der Waals surface area contributed by atoms with E-state index in [1.54, 1.807) is 24.3 Å². The SMILES string of the molecule is Nc1cccc(OCCC(=O)OC2CCOC2=O)c1. The lowest BCUT2D eigenvalue weighted by Gasteiger charge is -2.09. The molecule has 6 nitrogen and oxygen atoms in total. The summed E-state index contributed by atoms with van der Waals surface area (Å²) in [5, 5.41) is 0. The van der Waals surface area contributed by atoms with E-state index in [2.05, 4.69) is 0 Å². The van der Waals surface area contributed by atoms with Crippen molar-refractivity contribution in [1.29, 1.82) is 0 Å². The molecule has 19 heavy (non-hydrogen) atoms. The van der Waals surface area contributed by atoms with Crippen LogP contribution in [0.4, 0.5) is 5.69 Å². The molecule has 0 saturated carbocycles. The molecule has 1 aliphatic heterocycles. The molecular formula is C13H15NO5. The zero-order chi connectivity index (χ0) is 13.7. The molecule has 1 atom stereocenters. The van der Waals surface area contributed by atoms with Gasteiger partial charge in [-0.2, -0.15) is 0 Å². The quantitative estimate of drug-likeness (QED) is 0.628. The Bertz CT molecular complexity index is 474. The van der Waals surface area contributed by atoms with Crippen molar-refractivity contribution in [3.8, 4) is 5.75 Å². The molecule has 1 aromatic rings. The van der Waals surface area contributed by atoms with Crippen LogP contribution >= 0.6 is 0 Å². The van der Waals surface area contributed by atoms with E-state index in [0.29, 0.717) is 24.5 Å². The molecule has 1 saturated heterocycles. The Morgan fingerprint density at radius 3 is 3.00 bits per heavy atom. The first-order valence-electron chi connectivity index (χ1n) is 5.99. The predicted molar refractivity (Wildman–Crippen MR) is 66.4 cm³/mol. The van der Waals surface area contributed by atoms with Crippen LogP contribution in [0.3, 0.4) is 0 Å². The summed E-state index contributed by atoms with van der Waals surface area (Å²) in [5.41, 5.74) is 6.18. The van der Waals surface area contributed by atoms with Gasteiger partial charge in [0.15, 0.2) is 0 Å². The summed E-state index contributed by atoms with van der Waals surface area (Å²) < 4.78 is 15.0. The third-order valence-electron chi connectivity index (χ3n) is 2.59. The molecule has 2 rings (SSSR count). The van der Waals surface area contributed by atoms with E-state index >= 15 is 0 Å². The van der Waals surface area contributed by atoms with Gasteiger partial charge < -0.3 is 19.9 Å². The maximum atomic E-state index is 11.5. The second-order valence-electron chi connectivity index (χ2n) is 4.11. The number of nitrogens with two attached hydrogens (primary N) is 1. The van der Waals surface area contributed by atoms with E-state index in [4.69, 9.17) is 19.9 Å². The molecule has 102 valence electrons. The molecule has 1 aliphatic rings. The van der Waals surface area contributed by atoms with Crippen molar-refractivity contribution in [1.82, 2.24) is 0 Å². The number of carbonyl (C=O) groups is 2. The third-order valence-corrected chi connectivity index (χ3v) is 2.59. The van der Waals surface area contributed by atoms with Crippen LogP contribution in [0.25, 0.3) is 0 Å². The molecule has 0 aliphatic carbocycles. The van der Waals surface area contributed by atoms with Gasteiger partial charge >= 0.3 is 11.9 Å². The van der Waals surface area contributed by atoms with E-state index in [9.17, 15) is 9.59 Å². The second-order valence-corrected chi connectivity index (χ2v) is 4.11. The average Bonchev–Trinajstić information content (AvgIpc) is 2.75. The number of cyclic esters (lactones) is 1. The van der Waals surface area contributed by atoms with Crippen LogP contribution in [0.15, 0.2) is 24.3 Å². The first-order valence-corrected chi connectivity index (χ1v) is 5.99. The minimum Gasteiger partial charge on any atom is -0.493 e. The zero-order valence-electron chi connectivity index (χ0n) is 10.3. The van der Waals surface area contributed by atoms with Gasteiger partial charge in [-0.15, -0.1) is 0 Å². The van der Waals surface area contributed by atoms with Crippen molar-refractivity contribution < 1.29 is 23.8 Å². The number of ether oxygens (including phenoxy) is 3. The van der Waals surface area contributed by atoms with Gasteiger partial charge in [0, 0.05) is 18.2 Å². The summed E-state index contributed by atoms with van der Waals surface area (Å²) in [6, 6.07) is 6.92. The molecule has 2 N–H and O–H groups in total. The van der Waals surface area contributed by atoms with E-state index in [1.807, 2.05) is 0 Å². The van der Waals surface area contributed by atoms with Crippen LogP contribution in [0.5, 0.6) is 5.75 Å². The summed E-state index contributed by atoms with van der Waals surface area (Å²) in [7, 11) is 0. The van der Waals surface area contributed by atoms with Gasteiger partial charge in [0.25, 0.3) is 0 Å². The van der Waals surface area contributed by atoms with Gasteiger partial charge in [-0.1, -0.05) is 6.07 Å². The predicted octanol–water partition coefficient (Wildman–Crippen LogP) is 0.896. The minimum atomic E-state index is -0.764. The molecule has 0 aromatic heterocycles. The van der Waals surface area contributed by atoms with Crippen LogP contribution in [0.2, 0.25) is 0 Å². The third kappa shape index (κ3) is 3.87. The fraction of sp³-hybridized carbons (Fsp3) is 0.385. The van der Waals surface area contributed by atoms with Crippen molar-refractivity contribution in [3.05, 3.63) is 24.3 Å². The largest absolute Gasteiger partial charge is 0.493 e. The van der Waals surface area contributed by atoms with Gasteiger partial charge in [0.2, 0.25) is 6.10 Å². The number of hydrogen-bond donors (Lipinski definition) is 1. The molecule has 0 radical (unpaired) electrons. The highest BCUT2D eigenvalue weighted by atomic mass is 16.6. The Morgan fingerprint density at radius 2 is 2.32 bits per heavy atom. The number of anilines is 1. The fourth-order valence-electron chi connectivity index (χ4n) is 1.66. The molecule has 0 amide bonds. The molecule has 1 heterocycles. The van der Waals surface area contributed by atoms with E-state index in [1.165, 1.54) is 0 Å². The number of benzene rings is 1. The Morgan fingerprint density at radius 1 is 1.47 bits per heavy atom. The van der Waals surface area contributed by atoms with Crippen LogP contribution in [-0.2, 0) is 19.1 Å². The van der Waals surface area contributed by atoms with Crippen molar-refractivity contribution >= 4 is 17.6 Å². The highest BCUT2D eigenvalue weighted by Gasteiger charge is 2.29. The molecule has 0 bridgehead atoms. The second kappa shape index (κ2) is 6.08. The van der Waals surface area contributed by atoms with Gasteiger partial charge in [-0.05, 0) is 12.1 Å². The number of rotatable bonds is 5. The van der Waals surface area contributed by atoms with Crippen molar-refractivity contribution in [2.75, 3.05) is 18.9 Å². The van der Waals surface area contributed by atoms with Crippen LogP contribution in [-0.4, -0.2) is 31.3 Å². The van der Waals surface area contributed by atoms with Gasteiger partial charge in [-0.3, -0.25) is 4.79 Å². The maximum Gasteiger partial charge on any atom is 0.347 e. The van der Waals surface area contributed by atoms with Gasteiger partial charge in [0.05, 0.1) is 19.6 Å². The Hall–Kier alpha value is -2.24. The van der Waals surface area contributed by atoms with Gasteiger partial charge in [0.1, 0.15) is 5.75 Å². The smallest absolute Gasteiger partial charge is 0.347 e. The van der Waals surface area contributed by atoms with Crippen molar-refractivity contribution in [3.63, 3.8) is 0 Å². The monoisotopic (exact) mass is 265 g/mol. The summed E-state index contributed by atoms with van der Waals surface area (Å²) in [6.07, 6.45) is -0.279. The topological polar surface area (TPSA) is 87.8 Å². The van der Waals surface area contributed by atoms with Gasteiger partial charge in [-0.25, -0.2) is 4.79 Å². The lowest BCUT2D eigenvalue weighted by Crippen LogP contribution is -2.23. The first-order chi connectivity index (χ1) is 9.15. The van der Waals surface area contributed by atoms with Crippen molar-refractivity contribution in [2.45, 2.75) is 18.9 Å². The number of hydrogen-bond acceptors (Lipinski definition) is 6. The highest BCUT2D eigenvalue weighted by Crippen LogP contribution is 2.15. The molecule has 1 unspecified atom stereocenters. The first kappa shape index (κ1) is 13.2. The summed E-state index contributed by atoms with van der Waals surface area (Å²) in [6.45, 7) is 0.473. The molecule has 1 fully saturated rings. The highest BCUT2D eigenvalue weighted by molar-refractivity contribution is 5.80. The zero-order valence-corrected chi connectivity index (χ0v) is 10.3. The number of esters is 2. The van der Waals surface area contributed by atoms with E-state index < -0.39 is 18.0 Å². The number of nitrogen functional groups attached to an aromatic ring is 1. The minimum absolute atomic E-state index is 0.0680. The Kier molecular flexibility index (Phi) is 4.22. The fourth-order valence-corrected chi connectivity index (χ4v) is 1.66. The Balaban J connectivity index is 1.70. The maximum absolute atomic E-state index is 11.5. The summed E-state index contributed by atoms with van der Waals surface area (Å²) in [5.74, 6) is -0.370. The molecular weight excluding hydrogens is 250 g/mol. The lowest BCUT2D eigenvalue weighted by atomic mass is 10.3. The van der Waals surface area contributed by atoms with E-state index in [-0.39, 0.29) is 13.0 Å². The van der Waals surface area contributed by atoms with Crippen LogP contribution < -0.4 is 10.5 Å². The van der Waals surface area contributed by atoms with Crippen LogP contribution in [0.1, 0.15) is 12.8 Å². The summed E-state index contributed by atoms with van der Waals surface area (Å²) >= 11 is 0. The van der Waals surface area contributed by atoms with E-state index in [0.717, 1.165) is 0 Å².